The van der Waals surface area contributed by atoms with Crippen molar-refractivity contribution in [2.45, 2.75) is 12.8 Å². The average Bonchev–Trinajstić information content (AvgIpc) is 1.88. The van der Waals surface area contributed by atoms with Gasteiger partial charge in [0.05, 0.1) is 5.76 Å². The van der Waals surface area contributed by atoms with Crippen molar-refractivity contribution < 1.29 is 5.11 Å². The first-order valence-corrected chi connectivity index (χ1v) is 3.76. The fourth-order valence-corrected chi connectivity index (χ4v) is 1.44. The Kier molecular flexibility index (Phi) is 2.33. The zero-order valence-electron chi connectivity index (χ0n) is 6.51. The minimum absolute atomic E-state index is 0.318. The van der Waals surface area contributed by atoms with Crippen molar-refractivity contribution in [2.24, 2.45) is 5.92 Å². The number of likely N-dealkylation sites (tertiary alicyclic amines) is 1. The van der Waals surface area contributed by atoms with Crippen molar-refractivity contribution in [3.8, 4) is 0 Å². The summed E-state index contributed by atoms with van der Waals surface area (Å²) in [5, 5.41) is 9.07. The highest BCUT2D eigenvalue weighted by Crippen LogP contribution is 2.19. The highest BCUT2D eigenvalue weighted by atomic mass is 16.3. The van der Waals surface area contributed by atoms with Crippen LogP contribution in [0, 0.1) is 5.92 Å². The van der Waals surface area contributed by atoms with Gasteiger partial charge < -0.3 is 10.0 Å². The third kappa shape index (κ3) is 1.74. The molecule has 1 aliphatic rings. The standard InChI is InChI=1S/C8H15NO/c1-7(10)8-4-3-5-9(2)6-8/h8,10H,1,3-6H2,2H3/t8-/m0/s1. The molecule has 2 nitrogen and oxygen atoms in total. The Morgan fingerprint density at radius 2 is 2.40 bits per heavy atom. The second-order valence-corrected chi connectivity index (χ2v) is 3.09. The summed E-state index contributed by atoms with van der Waals surface area (Å²) < 4.78 is 0. The molecule has 1 aliphatic heterocycles. The third-order valence-corrected chi connectivity index (χ3v) is 2.10. The first-order valence-electron chi connectivity index (χ1n) is 3.76. The van der Waals surface area contributed by atoms with Gasteiger partial charge >= 0.3 is 0 Å². The van der Waals surface area contributed by atoms with Gasteiger partial charge in [0.15, 0.2) is 0 Å². The van der Waals surface area contributed by atoms with E-state index in [-0.39, 0.29) is 0 Å². The van der Waals surface area contributed by atoms with E-state index in [1.165, 1.54) is 6.42 Å². The van der Waals surface area contributed by atoms with E-state index >= 15 is 0 Å². The van der Waals surface area contributed by atoms with Gasteiger partial charge in [0.1, 0.15) is 0 Å². The molecule has 2 heteroatoms. The number of hydrogen-bond acceptors (Lipinski definition) is 2. The van der Waals surface area contributed by atoms with E-state index in [1.807, 2.05) is 0 Å². The number of nitrogens with zero attached hydrogens (tertiary/aromatic N) is 1. The maximum atomic E-state index is 9.07. The Morgan fingerprint density at radius 3 is 2.80 bits per heavy atom. The van der Waals surface area contributed by atoms with Gasteiger partial charge in [-0.1, -0.05) is 6.58 Å². The summed E-state index contributed by atoms with van der Waals surface area (Å²) in [5.74, 6) is 0.672. The van der Waals surface area contributed by atoms with Gasteiger partial charge in [-0.25, -0.2) is 0 Å². The summed E-state index contributed by atoms with van der Waals surface area (Å²) in [6.07, 6.45) is 2.28. The fourth-order valence-electron chi connectivity index (χ4n) is 1.44. The molecule has 0 spiro atoms. The molecule has 0 unspecified atom stereocenters. The fraction of sp³-hybridized carbons (Fsp3) is 0.750. The molecule has 58 valence electrons. The largest absolute Gasteiger partial charge is 0.513 e. The number of piperidine rings is 1. The Morgan fingerprint density at radius 1 is 1.70 bits per heavy atom. The lowest BCUT2D eigenvalue weighted by Crippen LogP contribution is -2.32. The summed E-state index contributed by atoms with van der Waals surface area (Å²) in [6.45, 7) is 5.67. The SMILES string of the molecule is C=C(O)[C@H]1CCCN(C)C1. The van der Waals surface area contributed by atoms with E-state index in [1.54, 1.807) is 0 Å². The highest BCUT2D eigenvalue weighted by molar-refractivity contribution is 4.91. The molecule has 0 bridgehead atoms. The van der Waals surface area contributed by atoms with Crippen LogP contribution in [0.2, 0.25) is 0 Å². The molecule has 0 saturated carbocycles. The van der Waals surface area contributed by atoms with Gasteiger partial charge in [0.25, 0.3) is 0 Å². The molecule has 0 radical (unpaired) electrons. The van der Waals surface area contributed by atoms with Crippen molar-refractivity contribution in [3.05, 3.63) is 12.3 Å². The van der Waals surface area contributed by atoms with Gasteiger partial charge in [-0.05, 0) is 26.4 Å². The number of rotatable bonds is 1. The Hall–Kier alpha value is -0.500. The quantitative estimate of drug-likeness (QED) is 0.558. The molecule has 1 N–H and O–H groups in total. The van der Waals surface area contributed by atoms with Crippen LogP contribution in [-0.2, 0) is 0 Å². The van der Waals surface area contributed by atoms with Gasteiger partial charge in [0, 0.05) is 12.5 Å². The van der Waals surface area contributed by atoms with Crippen LogP contribution in [0.15, 0.2) is 12.3 Å². The first-order chi connectivity index (χ1) is 4.70. The van der Waals surface area contributed by atoms with Gasteiger partial charge in [-0.3, -0.25) is 0 Å². The molecule has 0 aliphatic carbocycles. The van der Waals surface area contributed by atoms with Crippen LogP contribution in [0.5, 0.6) is 0 Å². The number of aliphatic hydroxyl groups is 1. The summed E-state index contributed by atoms with van der Waals surface area (Å²) in [6, 6.07) is 0. The predicted molar refractivity (Wildman–Crippen MR) is 42.0 cm³/mol. The van der Waals surface area contributed by atoms with Crippen molar-refractivity contribution in [2.75, 3.05) is 20.1 Å². The topological polar surface area (TPSA) is 23.5 Å². The zero-order chi connectivity index (χ0) is 7.56. The maximum Gasteiger partial charge on any atom is 0.0894 e. The van der Waals surface area contributed by atoms with E-state index in [4.69, 9.17) is 5.11 Å². The molecule has 0 aromatic heterocycles. The molecule has 0 aromatic rings. The number of aliphatic hydroxyl groups excluding tert-OH is 1. The van der Waals surface area contributed by atoms with E-state index < -0.39 is 0 Å². The van der Waals surface area contributed by atoms with E-state index in [2.05, 4.69) is 18.5 Å². The molecule has 1 fully saturated rings. The molecular weight excluding hydrogens is 126 g/mol. The molecule has 0 amide bonds. The van der Waals surface area contributed by atoms with Gasteiger partial charge in [0.2, 0.25) is 0 Å². The normalized spacial score (nSPS) is 28.3. The molecular formula is C8H15NO. The predicted octanol–water partition coefficient (Wildman–Crippen LogP) is 1.40. The first kappa shape index (κ1) is 7.61. The monoisotopic (exact) mass is 141 g/mol. The van der Waals surface area contributed by atoms with Crippen molar-refractivity contribution in [1.82, 2.24) is 4.90 Å². The molecule has 1 heterocycles. The van der Waals surface area contributed by atoms with Crippen LogP contribution >= 0.6 is 0 Å². The maximum absolute atomic E-state index is 9.07. The van der Waals surface area contributed by atoms with Crippen LogP contribution in [-0.4, -0.2) is 30.1 Å². The van der Waals surface area contributed by atoms with E-state index in [0.717, 1.165) is 19.5 Å². The molecule has 0 aromatic carbocycles. The Balaban J connectivity index is 2.39. The minimum Gasteiger partial charge on any atom is -0.513 e. The zero-order valence-corrected chi connectivity index (χ0v) is 6.51. The van der Waals surface area contributed by atoms with Crippen LogP contribution in [0.1, 0.15) is 12.8 Å². The van der Waals surface area contributed by atoms with E-state index in [9.17, 15) is 0 Å². The van der Waals surface area contributed by atoms with Crippen LogP contribution in [0.25, 0.3) is 0 Å². The highest BCUT2D eigenvalue weighted by Gasteiger charge is 2.18. The van der Waals surface area contributed by atoms with E-state index in [0.29, 0.717) is 11.7 Å². The van der Waals surface area contributed by atoms with Gasteiger partial charge in [-0.2, -0.15) is 0 Å². The second kappa shape index (κ2) is 3.06. The lowest BCUT2D eigenvalue weighted by molar-refractivity contribution is 0.190. The molecule has 1 atom stereocenters. The lowest BCUT2D eigenvalue weighted by atomic mass is 9.97. The van der Waals surface area contributed by atoms with Crippen molar-refractivity contribution >= 4 is 0 Å². The Labute approximate surface area is 62.2 Å². The lowest BCUT2D eigenvalue weighted by Gasteiger charge is -2.28. The average molecular weight is 141 g/mol. The van der Waals surface area contributed by atoms with Crippen LogP contribution < -0.4 is 0 Å². The smallest absolute Gasteiger partial charge is 0.0894 e. The molecule has 1 saturated heterocycles. The van der Waals surface area contributed by atoms with Crippen molar-refractivity contribution in [3.63, 3.8) is 0 Å². The summed E-state index contributed by atoms with van der Waals surface area (Å²) in [4.78, 5) is 2.23. The van der Waals surface area contributed by atoms with Crippen LogP contribution in [0.4, 0.5) is 0 Å². The number of hydrogen-bond donors (Lipinski definition) is 1. The molecule has 1 rings (SSSR count). The second-order valence-electron chi connectivity index (χ2n) is 3.09. The summed E-state index contributed by atoms with van der Waals surface area (Å²) >= 11 is 0. The third-order valence-electron chi connectivity index (χ3n) is 2.10. The summed E-state index contributed by atoms with van der Waals surface area (Å²) in [7, 11) is 2.08. The Bertz CT molecular complexity index is 133. The van der Waals surface area contributed by atoms with Crippen molar-refractivity contribution in [1.29, 1.82) is 0 Å². The molecule has 10 heavy (non-hydrogen) atoms. The van der Waals surface area contributed by atoms with Crippen LogP contribution in [0.3, 0.4) is 0 Å². The summed E-state index contributed by atoms with van der Waals surface area (Å²) in [5.41, 5.74) is 0. The minimum atomic E-state index is 0.318. The van der Waals surface area contributed by atoms with Gasteiger partial charge in [-0.15, -0.1) is 0 Å².